The molecule has 2 heteroatoms. The number of hydrogen-bond acceptors (Lipinski definition) is 1. The van der Waals surface area contributed by atoms with Crippen molar-refractivity contribution in [3.8, 4) is 0 Å². The standard InChI is InChI=1S/C21H40O2/c1-3-5-6-7-8-9-11-14-17-20(4-2)18-15-12-10-13-16-19-21(22)23/h14,17,20H,3-13,15-16,18-19H2,1-2H3,(H,22,23). The molecule has 1 N–H and O–H groups in total. The van der Waals surface area contributed by atoms with Crippen molar-refractivity contribution in [2.75, 3.05) is 0 Å². The highest BCUT2D eigenvalue weighted by atomic mass is 16.4. The summed E-state index contributed by atoms with van der Waals surface area (Å²) >= 11 is 0. The van der Waals surface area contributed by atoms with Crippen LogP contribution < -0.4 is 0 Å². The average Bonchev–Trinajstić information content (AvgIpc) is 2.54. The summed E-state index contributed by atoms with van der Waals surface area (Å²) in [6.07, 6.45) is 22.9. The van der Waals surface area contributed by atoms with E-state index in [-0.39, 0.29) is 0 Å². The van der Waals surface area contributed by atoms with Gasteiger partial charge in [0.2, 0.25) is 0 Å². The summed E-state index contributed by atoms with van der Waals surface area (Å²) in [4.78, 5) is 10.4. The lowest BCUT2D eigenvalue weighted by Gasteiger charge is -2.09. The summed E-state index contributed by atoms with van der Waals surface area (Å²) in [7, 11) is 0. The van der Waals surface area contributed by atoms with Gasteiger partial charge in [0.15, 0.2) is 0 Å². The number of carboxylic acids is 1. The number of carboxylic acid groups (broad SMARTS) is 1. The topological polar surface area (TPSA) is 37.3 Å². The predicted octanol–water partition coefficient (Wildman–Crippen LogP) is 7.13. The van der Waals surface area contributed by atoms with Gasteiger partial charge in [-0.1, -0.05) is 83.8 Å². The first-order valence-corrected chi connectivity index (χ1v) is 10.1. The maximum absolute atomic E-state index is 10.4. The lowest BCUT2D eigenvalue weighted by molar-refractivity contribution is -0.137. The van der Waals surface area contributed by atoms with Gasteiger partial charge in [0.1, 0.15) is 0 Å². The summed E-state index contributed by atoms with van der Waals surface area (Å²) < 4.78 is 0. The largest absolute Gasteiger partial charge is 0.481 e. The molecule has 0 heterocycles. The first kappa shape index (κ1) is 22.2. The molecule has 1 atom stereocenters. The van der Waals surface area contributed by atoms with Crippen LogP contribution in [0.3, 0.4) is 0 Å². The molecule has 0 bridgehead atoms. The molecule has 0 aromatic heterocycles. The number of carbonyl (C=O) groups is 1. The predicted molar refractivity (Wildman–Crippen MR) is 101 cm³/mol. The SMILES string of the molecule is CCCCCCCCC=CC(CC)CCCCCCCC(=O)O. The summed E-state index contributed by atoms with van der Waals surface area (Å²) in [5, 5.41) is 8.59. The molecule has 0 spiro atoms. The Morgan fingerprint density at radius 2 is 1.48 bits per heavy atom. The minimum absolute atomic E-state index is 0.332. The quantitative estimate of drug-likeness (QED) is 0.228. The second-order valence-corrected chi connectivity index (χ2v) is 6.85. The van der Waals surface area contributed by atoms with E-state index in [1.54, 1.807) is 0 Å². The molecule has 0 fully saturated rings. The molecule has 0 rings (SSSR count). The molecule has 0 radical (unpaired) electrons. The zero-order chi connectivity index (χ0) is 17.2. The summed E-state index contributed by atoms with van der Waals surface area (Å²) in [5.41, 5.74) is 0. The molecule has 0 aliphatic rings. The summed E-state index contributed by atoms with van der Waals surface area (Å²) in [6, 6.07) is 0. The maximum atomic E-state index is 10.4. The second-order valence-electron chi connectivity index (χ2n) is 6.85. The van der Waals surface area contributed by atoms with E-state index in [0.29, 0.717) is 6.42 Å². The number of hydrogen-bond donors (Lipinski definition) is 1. The molecule has 0 aromatic carbocycles. The summed E-state index contributed by atoms with van der Waals surface area (Å²) in [6.45, 7) is 4.55. The number of allylic oxidation sites excluding steroid dienone is 2. The molecular weight excluding hydrogens is 284 g/mol. The van der Waals surface area contributed by atoms with E-state index in [4.69, 9.17) is 5.11 Å². The van der Waals surface area contributed by atoms with Gasteiger partial charge in [-0.15, -0.1) is 0 Å². The number of rotatable bonds is 17. The van der Waals surface area contributed by atoms with Crippen molar-refractivity contribution in [2.24, 2.45) is 5.92 Å². The molecule has 0 aromatic rings. The van der Waals surface area contributed by atoms with E-state index >= 15 is 0 Å². The minimum Gasteiger partial charge on any atom is -0.481 e. The molecule has 0 aliphatic heterocycles. The Kier molecular flexibility index (Phi) is 17.0. The van der Waals surface area contributed by atoms with Gasteiger partial charge < -0.3 is 5.11 Å². The lowest BCUT2D eigenvalue weighted by Crippen LogP contribution is -1.95. The fraction of sp³-hybridized carbons (Fsp3) is 0.857. The van der Waals surface area contributed by atoms with Crippen molar-refractivity contribution in [3.63, 3.8) is 0 Å². The fourth-order valence-electron chi connectivity index (χ4n) is 2.98. The smallest absolute Gasteiger partial charge is 0.303 e. The van der Waals surface area contributed by atoms with Crippen molar-refractivity contribution in [1.29, 1.82) is 0 Å². The van der Waals surface area contributed by atoms with Gasteiger partial charge in [0.25, 0.3) is 0 Å². The van der Waals surface area contributed by atoms with E-state index in [1.807, 2.05) is 0 Å². The maximum Gasteiger partial charge on any atom is 0.303 e. The van der Waals surface area contributed by atoms with Crippen molar-refractivity contribution in [2.45, 2.75) is 110 Å². The molecule has 1 unspecified atom stereocenters. The van der Waals surface area contributed by atoms with E-state index in [9.17, 15) is 4.79 Å². The minimum atomic E-state index is -0.661. The van der Waals surface area contributed by atoms with Gasteiger partial charge in [-0.05, 0) is 38.0 Å². The van der Waals surface area contributed by atoms with Gasteiger partial charge in [-0.3, -0.25) is 4.79 Å². The third kappa shape index (κ3) is 17.4. The highest BCUT2D eigenvalue weighted by Gasteiger charge is 2.02. The second kappa shape index (κ2) is 17.6. The van der Waals surface area contributed by atoms with Crippen LogP contribution in [0.4, 0.5) is 0 Å². The zero-order valence-electron chi connectivity index (χ0n) is 15.7. The molecule has 23 heavy (non-hydrogen) atoms. The molecule has 0 aliphatic carbocycles. The third-order valence-electron chi connectivity index (χ3n) is 4.62. The Hall–Kier alpha value is -0.790. The van der Waals surface area contributed by atoms with Crippen molar-refractivity contribution in [3.05, 3.63) is 12.2 Å². The van der Waals surface area contributed by atoms with Gasteiger partial charge in [0, 0.05) is 6.42 Å². The van der Waals surface area contributed by atoms with E-state index in [1.165, 1.54) is 77.0 Å². The van der Waals surface area contributed by atoms with Crippen LogP contribution in [0.2, 0.25) is 0 Å². The van der Waals surface area contributed by atoms with Crippen molar-refractivity contribution >= 4 is 5.97 Å². The Labute approximate surface area is 144 Å². The first-order valence-electron chi connectivity index (χ1n) is 10.1. The zero-order valence-corrected chi connectivity index (χ0v) is 15.7. The Morgan fingerprint density at radius 3 is 2.13 bits per heavy atom. The molecule has 2 nitrogen and oxygen atoms in total. The Morgan fingerprint density at radius 1 is 0.870 bits per heavy atom. The van der Waals surface area contributed by atoms with E-state index < -0.39 is 5.97 Å². The monoisotopic (exact) mass is 324 g/mol. The summed E-state index contributed by atoms with van der Waals surface area (Å²) in [5.74, 6) is 0.0839. The molecule has 0 saturated carbocycles. The molecule has 136 valence electrons. The highest BCUT2D eigenvalue weighted by molar-refractivity contribution is 5.66. The molecule has 0 saturated heterocycles. The van der Waals surface area contributed by atoms with Crippen LogP contribution in [0, 0.1) is 5.92 Å². The van der Waals surface area contributed by atoms with Crippen LogP contribution in [0.25, 0.3) is 0 Å². The normalized spacial score (nSPS) is 12.8. The van der Waals surface area contributed by atoms with Gasteiger partial charge in [-0.2, -0.15) is 0 Å². The van der Waals surface area contributed by atoms with Crippen LogP contribution in [-0.4, -0.2) is 11.1 Å². The van der Waals surface area contributed by atoms with E-state index in [0.717, 1.165) is 18.8 Å². The van der Waals surface area contributed by atoms with E-state index in [2.05, 4.69) is 26.0 Å². The van der Waals surface area contributed by atoms with Crippen LogP contribution in [-0.2, 0) is 4.79 Å². The fourth-order valence-corrected chi connectivity index (χ4v) is 2.98. The van der Waals surface area contributed by atoms with Gasteiger partial charge >= 0.3 is 5.97 Å². The number of unbranched alkanes of at least 4 members (excludes halogenated alkanes) is 10. The van der Waals surface area contributed by atoms with Gasteiger partial charge in [0.05, 0.1) is 0 Å². The molecular formula is C21H40O2. The van der Waals surface area contributed by atoms with Crippen LogP contribution in [0.1, 0.15) is 110 Å². The first-order chi connectivity index (χ1) is 11.2. The van der Waals surface area contributed by atoms with Crippen molar-refractivity contribution < 1.29 is 9.90 Å². The number of aliphatic carboxylic acids is 1. The highest BCUT2D eigenvalue weighted by Crippen LogP contribution is 2.17. The third-order valence-corrected chi connectivity index (χ3v) is 4.62. The van der Waals surface area contributed by atoms with Crippen LogP contribution in [0.5, 0.6) is 0 Å². The van der Waals surface area contributed by atoms with Crippen LogP contribution in [0.15, 0.2) is 12.2 Å². The van der Waals surface area contributed by atoms with Crippen molar-refractivity contribution in [1.82, 2.24) is 0 Å². The Balaban J connectivity index is 3.47. The van der Waals surface area contributed by atoms with Crippen LogP contribution >= 0.6 is 0 Å². The van der Waals surface area contributed by atoms with Gasteiger partial charge in [-0.25, -0.2) is 0 Å². The lowest BCUT2D eigenvalue weighted by atomic mass is 9.97. The average molecular weight is 325 g/mol. The Bertz CT molecular complexity index is 284. The molecule has 0 amide bonds.